The smallest absolute Gasteiger partial charge is 0.320 e. The Labute approximate surface area is 274 Å². The molecule has 6 rings (SSSR count). The zero-order chi connectivity index (χ0) is 33.7. The number of H-pyrrole nitrogens is 3. The van der Waals surface area contributed by atoms with Crippen LogP contribution in [0.25, 0.3) is 23.8 Å². The van der Waals surface area contributed by atoms with Gasteiger partial charge in [-0.1, -0.05) is 26.5 Å². The van der Waals surface area contributed by atoms with Crippen molar-refractivity contribution in [1.29, 1.82) is 0 Å². The molecule has 0 spiro atoms. The van der Waals surface area contributed by atoms with Crippen molar-refractivity contribution >= 4 is 41.5 Å². The minimum absolute atomic E-state index is 0.145. The lowest BCUT2D eigenvalue weighted by Crippen LogP contribution is -2.39. The first-order chi connectivity index (χ1) is 22.5. The number of aromatic amines is 3. The van der Waals surface area contributed by atoms with Crippen LogP contribution >= 0.6 is 0 Å². The zero-order valence-corrected chi connectivity index (χ0v) is 28.3. The molecule has 246 valence electrons. The van der Waals surface area contributed by atoms with Crippen molar-refractivity contribution in [3.63, 3.8) is 0 Å². The van der Waals surface area contributed by atoms with Crippen LogP contribution in [-0.4, -0.2) is 52.4 Å². The molecule has 3 atom stereocenters. The van der Waals surface area contributed by atoms with Gasteiger partial charge in [0.2, 0.25) is 0 Å². The normalized spacial score (nSPS) is 21.8. The third-order valence-corrected chi connectivity index (χ3v) is 10.4. The summed E-state index contributed by atoms with van der Waals surface area (Å²) < 4.78 is 10.5. The van der Waals surface area contributed by atoms with E-state index in [9.17, 15) is 14.4 Å². The van der Waals surface area contributed by atoms with Gasteiger partial charge in [-0.15, -0.1) is 0 Å². The Morgan fingerprint density at radius 1 is 0.894 bits per heavy atom. The molecule has 0 aromatic carbocycles. The van der Waals surface area contributed by atoms with Gasteiger partial charge >= 0.3 is 11.9 Å². The SMILES string of the molecule is C=CCOC(=O)CC[C@H]1C(C)=C2/C=c3\[nH]/c(c(CC)c3C)=C\c3[nH]c(c(CC)c3C)/C=c3\[nH]c4c(c3C)C(=O)[C@H](C(=O)OC)C=4C1N2. The third-order valence-electron chi connectivity index (χ3n) is 10.4. The molecular weight excluding hydrogens is 592 g/mol. The average Bonchev–Trinajstić information content (AvgIpc) is 3.79. The highest BCUT2D eigenvalue weighted by Gasteiger charge is 2.47. The average molecular weight is 637 g/mol. The Morgan fingerprint density at radius 2 is 1.60 bits per heavy atom. The molecule has 0 saturated heterocycles. The number of carbonyl (C=O) groups is 3. The Balaban J connectivity index is 1.67. The summed E-state index contributed by atoms with van der Waals surface area (Å²) in [5.74, 6) is -2.49. The molecule has 9 nitrogen and oxygen atoms in total. The van der Waals surface area contributed by atoms with E-state index in [1.807, 2.05) is 6.92 Å². The van der Waals surface area contributed by atoms with E-state index in [1.165, 1.54) is 23.8 Å². The zero-order valence-electron chi connectivity index (χ0n) is 28.3. The summed E-state index contributed by atoms with van der Waals surface area (Å²) in [5, 5.41) is 7.20. The van der Waals surface area contributed by atoms with Crippen LogP contribution in [0.1, 0.15) is 83.2 Å². The quantitative estimate of drug-likeness (QED) is 0.171. The van der Waals surface area contributed by atoms with E-state index >= 15 is 0 Å². The van der Waals surface area contributed by atoms with Crippen molar-refractivity contribution in [2.75, 3.05) is 13.7 Å². The van der Waals surface area contributed by atoms with Crippen LogP contribution < -0.4 is 26.7 Å². The number of Topliss-reactive ketones (excluding diaryl/α,β-unsaturated/α-hetero) is 1. The fraction of sp³-hybridized carbons (Fsp3) is 0.395. The van der Waals surface area contributed by atoms with Gasteiger partial charge in [-0.3, -0.25) is 14.4 Å². The van der Waals surface area contributed by atoms with Crippen LogP contribution in [-0.2, 0) is 31.9 Å². The molecule has 3 aromatic heterocycles. The molecule has 1 unspecified atom stereocenters. The molecule has 3 aliphatic rings. The summed E-state index contributed by atoms with van der Waals surface area (Å²) >= 11 is 0. The first kappa shape index (κ1) is 32.2. The maximum atomic E-state index is 14.2. The summed E-state index contributed by atoms with van der Waals surface area (Å²) in [6.07, 6.45) is 10.3. The van der Waals surface area contributed by atoms with E-state index in [4.69, 9.17) is 9.47 Å². The van der Waals surface area contributed by atoms with Crippen LogP contribution in [0, 0.1) is 32.6 Å². The van der Waals surface area contributed by atoms with Gasteiger partial charge < -0.3 is 29.7 Å². The number of hydrogen-bond acceptors (Lipinski definition) is 6. The highest BCUT2D eigenvalue weighted by atomic mass is 16.5. The minimum atomic E-state index is -1.10. The summed E-state index contributed by atoms with van der Waals surface area (Å²) in [7, 11) is 1.31. The summed E-state index contributed by atoms with van der Waals surface area (Å²) in [6, 6.07) is -0.445. The van der Waals surface area contributed by atoms with Crippen LogP contribution in [0.3, 0.4) is 0 Å². The Bertz CT molecular complexity index is 2120. The lowest BCUT2D eigenvalue weighted by molar-refractivity contribution is -0.143. The fourth-order valence-electron chi connectivity index (χ4n) is 7.80. The number of fused-ring (bicyclic) bond motifs is 8. The highest BCUT2D eigenvalue weighted by molar-refractivity contribution is 6.19. The highest BCUT2D eigenvalue weighted by Crippen LogP contribution is 2.39. The molecule has 0 amide bonds. The number of esters is 2. The van der Waals surface area contributed by atoms with Crippen molar-refractivity contribution in [3.05, 3.63) is 90.1 Å². The van der Waals surface area contributed by atoms with Crippen molar-refractivity contribution < 1.29 is 23.9 Å². The molecule has 2 aliphatic heterocycles. The van der Waals surface area contributed by atoms with E-state index < -0.39 is 17.9 Å². The first-order valence-corrected chi connectivity index (χ1v) is 16.5. The number of methoxy groups -OCH3 is 1. The maximum Gasteiger partial charge on any atom is 0.320 e. The van der Waals surface area contributed by atoms with E-state index in [0.29, 0.717) is 22.9 Å². The van der Waals surface area contributed by atoms with Gasteiger partial charge in [0.1, 0.15) is 12.5 Å². The van der Waals surface area contributed by atoms with Gasteiger partial charge in [0.05, 0.1) is 18.5 Å². The van der Waals surface area contributed by atoms with E-state index in [0.717, 1.165) is 62.7 Å². The lowest BCUT2D eigenvalue weighted by Gasteiger charge is -2.25. The number of carbonyl (C=O) groups excluding carboxylic acids is 3. The number of allylic oxidation sites excluding steroid dienone is 1. The number of aromatic nitrogens is 3. The maximum absolute atomic E-state index is 14.2. The van der Waals surface area contributed by atoms with E-state index in [-0.39, 0.29) is 30.7 Å². The largest absolute Gasteiger partial charge is 0.468 e. The molecule has 0 saturated carbocycles. The predicted molar refractivity (Wildman–Crippen MR) is 182 cm³/mol. The Hall–Kier alpha value is -4.79. The van der Waals surface area contributed by atoms with Gasteiger partial charge in [0, 0.05) is 51.0 Å². The lowest BCUT2D eigenvalue weighted by atomic mass is 9.82. The van der Waals surface area contributed by atoms with E-state index in [2.05, 4.69) is 79.7 Å². The molecular formula is C38H44N4O5. The number of ether oxygens (including phenoxy) is 2. The molecule has 5 heterocycles. The van der Waals surface area contributed by atoms with Gasteiger partial charge in [0.15, 0.2) is 5.78 Å². The molecule has 0 fully saturated rings. The topological polar surface area (TPSA) is 129 Å². The van der Waals surface area contributed by atoms with Crippen LogP contribution in [0.2, 0.25) is 0 Å². The molecule has 9 heteroatoms. The van der Waals surface area contributed by atoms with Crippen LogP contribution in [0.5, 0.6) is 0 Å². The van der Waals surface area contributed by atoms with Crippen molar-refractivity contribution in [2.24, 2.45) is 11.8 Å². The van der Waals surface area contributed by atoms with Gasteiger partial charge in [-0.25, -0.2) is 0 Å². The second-order valence-electron chi connectivity index (χ2n) is 12.8. The first-order valence-electron chi connectivity index (χ1n) is 16.5. The fourth-order valence-corrected chi connectivity index (χ4v) is 7.80. The van der Waals surface area contributed by atoms with Crippen molar-refractivity contribution in [1.82, 2.24) is 20.3 Å². The summed E-state index contributed by atoms with van der Waals surface area (Å²) in [6.45, 7) is 16.3. The van der Waals surface area contributed by atoms with Gasteiger partial charge in [-0.05, 0) is 104 Å². The molecule has 47 heavy (non-hydrogen) atoms. The summed E-state index contributed by atoms with van der Waals surface area (Å²) in [4.78, 5) is 51.1. The molecule has 8 bridgehead atoms. The number of hydrogen-bond donors (Lipinski definition) is 4. The molecule has 1 aliphatic carbocycles. The Kier molecular flexibility index (Phi) is 8.51. The number of ketones is 1. The van der Waals surface area contributed by atoms with Gasteiger partial charge in [-0.2, -0.15) is 0 Å². The third kappa shape index (κ3) is 5.22. The Morgan fingerprint density at radius 3 is 2.28 bits per heavy atom. The molecule has 3 aromatic rings. The van der Waals surface area contributed by atoms with E-state index in [1.54, 1.807) is 6.08 Å². The van der Waals surface area contributed by atoms with Crippen molar-refractivity contribution in [2.45, 2.75) is 73.3 Å². The number of nitrogens with one attached hydrogen (secondary N) is 4. The second kappa shape index (κ2) is 12.4. The summed E-state index contributed by atoms with van der Waals surface area (Å²) in [5.41, 5.74) is 10.7. The standard InChI is InChI=1S/C38H44N4O5/c1-9-14-47-31(43)13-12-24-20(6)27-15-25-18(4)22(10-2)29(39-25)16-26-19(5)23(11-3)30(40-26)17-28-21(7)32-36(42-28)33(35(24)41-27)34(37(32)44)38(45)46-8/h9,15-17,24,34-35,39-42H,1,10-14H2,2-8H3/b25-15-,28-17-,29-16-/t24-,34+,35?/m0/s1. The van der Waals surface area contributed by atoms with Crippen LogP contribution in [0.15, 0.2) is 23.9 Å². The molecule has 4 N–H and O–H groups in total. The van der Waals surface area contributed by atoms with Gasteiger partial charge in [0.25, 0.3) is 0 Å². The minimum Gasteiger partial charge on any atom is -0.468 e. The molecule has 0 radical (unpaired) electrons. The number of rotatable bonds is 8. The van der Waals surface area contributed by atoms with Crippen molar-refractivity contribution in [3.8, 4) is 0 Å². The monoisotopic (exact) mass is 636 g/mol. The predicted octanol–water partition coefficient (Wildman–Crippen LogP) is 2.68. The second-order valence-corrected chi connectivity index (χ2v) is 12.8. The van der Waals surface area contributed by atoms with Crippen LogP contribution in [0.4, 0.5) is 0 Å².